The van der Waals surface area contributed by atoms with Crippen LogP contribution in [-0.4, -0.2) is 30.6 Å². The van der Waals surface area contributed by atoms with Crippen molar-refractivity contribution in [1.82, 2.24) is 16.0 Å². The van der Waals surface area contributed by atoms with Crippen LogP contribution in [0.2, 0.25) is 0 Å². The van der Waals surface area contributed by atoms with Crippen LogP contribution in [0.4, 0.5) is 4.79 Å². The summed E-state index contributed by atoms with van der Waals surface area (Å²) in [5.41, 5.74) is 1.23. The normalized spacial score (nSPS) is 28.5. The van der Waals surface area contributed by atoms with Gasteiger partial charge in [-0.2, -0.15) is 0 Å². The number of rotatable bonds is 3. The van der Waals surface area contributed by atoms with Gasteiger partial charge in [0.05, 0.1) is 0 Å². The molecule has 0 aromatic heterocycles. The highest BCUT2D eigenvalue weighted by atomic mass is 79.9. The van der Waals surface area contributed by atoms with Crippen LogP contribution in [0.3, 0.4) is 0 Å². The second-order valence-electron chi connectivity index (χ2n) is 4.92. The molecule has 3 amide bonds. The summed E-state index contributed by atoms with van der Waals surface area (Å²) in [7, 11) is 0. The van der Waals surface area contributed by atoms with E-state index in [1.54, 1.807) is 0 Å². The second kappa shape index (κ2) is 4.85. The molecule has 1 aliphatic carbocycles. The molecular weight excluding hydrogens is 310 g/mol. The Kier molecular flexibility index (Phi) is 3.18. The van der Waals surface area contributed by atoms with E-state index in [2.05, 4.69) is 44.0 Å². The van der Waals surface area contributed by atoms with Gasteiger partial charge in [0, 0.05) is 23.0 Å². The molecule has 5 nitrogen and oxygen atoms in total. The molecule has 1 aromatic rings. The number of nitrogens with one attached hydrogen (secondary N) is 3. The summed E-state index contributed by atoms with van der Waals surface area (Å²) >= 11 is 3.45. The zero-order valence-electron chi connectivity index (χ0n) is 10.2. The molecule has 1 aromatic carbocycles. The lowest BCUT2D eigenvalue weighted by molar-refractivity contribution is -0.122. The maximum absolute atomic E-state index is 11.9. The van der Waals surface area contributed by atoms with E-state index in [0.717, 1.165) is 10.9 Å². The lowest BCUT2D eigenvalue weighted by atomic mass is 10.1. The molecule has 6 heteroatoms. The maximum Gasteiger partial charge on any atom is 0.315 e. The van der Waals surface area contributed by atoms with Crippen LogP contribution in [0.15, 0.2) is 28.7 Å². The highest BCUT2D eigenvalue weighted by Gasteiger charge is 2.41. The molecule has 3 atom stereocenters. The van der Waals surface area contributed by atoms with Crippen LogP contribution in [0.25, 0.3) is 0 Å². The number of carbonyl (C=O) groups is 2. The third kappa shape index (κ3) is 2.73. The monoisotopic (exact) mass is 323 g/mol. The van der Waals surface area contributed by atoms with E-state index >= 15 is 0 Å². The van der Waals surface area contributed by atoms with Gasteiger partial charge in [0.1, 0.15) is 6.04 Å². The summed E-state index contributed by atoms with van der Waals surface area (Å²) in [5.74, 6) is 0.271. The summed E-state index contributed by atoms with van der Waals surface area (Å²) in [4.78, 5) is 22.9. The second-order valence-corrected chi connectivity index (χ2v) is 5.83. The van der Waals surface area contributed by atoms with E-state index in [4.69, 9.17) is 0 Å². The number of halogens is 1. The lowest BCUT2D eigenvalue weighted by Crippen LogP contribution is -2.44. The molecule has 3 rings (SSSR count). The Morgan fingerprint density at radius 1 is 1.42 bits per heavy atom. The number of benzene rings is 1. The van der Waals surface area contributed by atoms with Crippen molar-refractivity contribution in [2.45, 2.75) is 24.4 Å². The van der Waals surface area contributed by atoms with E-state index in [1.165, 1.54) is 5.56 Å². The highest BCUT2D eigenvalue weighted by Crippen LogP contribution is 2.41. The Hall–Kier alpha value is -1.56. The van der Waals surface area contributed by atoms with E-state index < -0.39 is 6.04 Å². The van der Waals surface area contributed by atoms with E-state index in [0.29, 0.717) is 12.5 Å². The Balaban J connectivity index is 1.56. The fourth-order valence-corrected chi connectivity index (χ4v) is 2.77. The van der Waals surface area contributed by atoms with Crippen LogP contribution in [0, 0.1) is 0 Å². The lowest BCUT2D eigenvalue weighted by Gasteiger charge is -2.09. The molecule has 0 bridgehead atoms. The fourth-order valence-electron chi connectivity index (χ4n) is 2.36. The molecule has 1 saturated heterocycles. The summed E-state index contributed by atoms with van der Waals surface area (Å²) in [5, 5.41) is 8.13. The first kappa shape index (κ1) is 12.5. The molecule has 0 spiro atoms. The van der Waals surface area contributed by atoms with Gasteiger partial charge in [-0.1, -0.05) is 28.1 Å². The maximum atomic E-state index is 11.9. The Morgan fingerprint density at radius 2 is 2.26 bits per heavy atom. The van der Waals surface area contributed by atoms with Crippen molar-refractivity contribution in [2.24, 2.45) is 0 Å². The Bertz CT molecular complexity index is 534. The average molecular weight is 324 g/mol. The van der Waals surface area contributed by atoms with Crippen LogP contribution < -0.4 is 16.0 Å². The van der Waals surface area contributed by atoms with Crippen molar-refractivity contribution in [3.8, 4) is 0 Å². The summed E-state index contributed by atoms with van der Waals surface area (Å²) in [6.07, 6.45) is 0.955. The minimum absolute atomic E-state index is 0.110. The number of amides is 3. The van der Waals surface area contributed by atoms with Gasteiger partial charge in [-0.15, -0.1) is 0 Å². The third-order valence-corrected chi connectivity index (χ3v) is 3.98. The number of urea groups is 1. The van der Waals surface area contributed by atoms with Crippen molar-refractivity contribution in [3.05, 3.63) is 34.3 Å². The minimum atomic E-state index is -0.448. The topological polar surface area (TPSA) is 70.2 Å². The average Bonchev–Trinajstić information content (AvgIpc) is 3.00. The molecule has 0 unspecified atom stereocenters. The smallest absolute Gasteiger partial charge is 0.315 e. The number of hydrogen-bond donors (Lipinski definition) is 3. The first-order valence-corrected chi connectivity index (χ1v) is 7.03. The third-order valence-electron chi connectivity index (χ3n) is 3.48. The van der Waals surface area contributed by atoms with Crippen molar-refractivity contribution in [3.63, 3.8) is 0 Å². The standard InChI is InChI=1S/C13H14BrN3O2/c14-8-3-1-2-7(4-8)9-5-10(9)16-12(18)11-6-15-13(19)17-11/h1-4,9-11H,5-6H2,(H,16,18)(H2,15,17,19)/t9-,10-,11-/m1/s1. The SMILES string of the molecule is O=C1NC[C@H](C(=O)N[C@@H]2C[C@@H]2c2cccc(Br)c2)N1. The van der Waals surface area contributed by atoms with Gasteiger partial charge in [0.15, 0.2) is 0 Å². The summed E-state index contributed by atoms with van der Waals surface area (Å²) < 4.78 is 1.05. The van der Waals surface area contributed by atoms with E-state index in [1.807, 2.05) is 12.1 Å². The molecule has 0 radical (unpaired) electrons. The fraction of sp³-hybridized carbons (Fsp3) is 0.385. The van der Waals surface area contributed by atoms with Gasteiger partial charge in [-0.3, -0.25) is 4.79 Å². The van der Waals surface area contributed by atoms with Crippen molar-refractivity contribution in [2.75, 3.05) is 6.54 Å². The molecule has 2 aliphatic rings. The van der Waals surface area contributed by atoms with Crippen LogP contribution >= 0.6 is 15.9 Å². The Labute approximate surface area is 119 Å². The van der Waals surface area contributed by atoms with Gasteiger partial charge in [0.25, 0.3) is 0 Å². The van der Waals surface area contributed by atoms with Gasteiger partial charge >= 0.3 is 6.03 Å². The number of hydrogen-bond acceptors (Lipinski definition) is 2. The minimum Gasteiger partial charge on any atom is -0.351 e. The van der Waals surface area contributed by atoms with Gasteiger partial charge in [0.2, 0.25) is 5.91 Å². The zero-order chi connectivity index (χ0) is 13.4. The number of carbonyl (C=O) groups excluding carboxylic acids is 2. The molecule has 1 aliphatic heterocycles. The first-order valence-electron chi connectivity index (χ1n) is 6.23. The summed E-state index contributed by atoms with van der Waals surface area (Å²) in [6.45, 7) is 0.360. The molecule has 1 heterocycles. The van der Waals surface area contributed by atoms with Crippen LogP contribution in [0.1, 0.15) is 17.9 Å². The first-order chi connectivity index (χ1) is 9.13. The summed E-state index contributed by atoms with van der Waals surface area (Å²) in [6, 6.07) is 7.59. The van der Waals surface area contributed by atoms with Crippen molar-refractivity contribution in [1.29, 1.82) is 0 Å². The van der Waals surface area contributed by atoms with Crippen molar-refractivity contribution >= 4 is 27.9 Å². The highest BCUT2D eigenvalue weighted by molar-refractivity contribution is 9.10. The van der Waals surface area contributed by atoms with E-state index in [9.17, 15) is 9.59 Å². The van der Waals surface area contributed by atoms with E-state index in [-0.39, 0.29) is 18.0 Å². The Morgan fingerprint density at radius 3 is 2.95 bits per heavy atom. The molecule has 2 fully saturated rings. The van der Waals surface area contributed by atoms with Crippen LogP contribution in [0.5, 0.6) is 0 Å². The molecule has 19 heavy (non-hydrogen) atoms. The van der Waals surface area contributed by atoms with Crippen molar-refractivity contribution < 1.29 is 9.59 Å². The molecule has 1 saturated carbocycles. The largest absolute Gasteiger partial charge is 0.351 e. The predicted octanol–water partition coefficient (Wildman–Crippen LogP) is 1.10. The molecule has 3 N–H and O–H groups in total. The van der Waals surface area contributed by atoms with Gasteiger partial charge < -0.3 is 16.0 Å². The van der Waals surface area contributed by atoms with Crippen LogP contribution in [-0.2, 0) is 4.79 Å². The van der Waals surface area contributed by atoms with Gasteiger partial charge in [-0.25, -0.2) is 4.79 Å². The zero-order valence-corrected chi connectivity index (χ0v) is 11.7. The predicted molar refractivity (Wildman–Crippen MR) is 73.8 cm³/mol. The van der Waals surface area contributed by atoms with Gasteiger partial charge in [-0.05, 0) is 24.1 Å². The molecular formula is C13H14BrN3O2. The quantitative estimate of drug-likeness (QED) is 0.779. The molecule has 100 valence electrons.